The minimum Gasteiger partial charge on any atom is -0.493 e. The minimum absolute atomic E-state index is 0.104. The van der Waals surface area contributed by atoms with E-state index in [4.69, 9.17) is 9.47 Å². The van der Waals surface area contributed by atoms with Crippen LogP contribution in [0.2, 0.25) is 0 Å². The summed E-state index contributed by atoms with van der Waals surface area (Å²) in [6.45, 7) is 0. The van der Waals surface area contributed by atoms with Crippen molar-refractivity contribution in [1.82, 2.24) is 4.90 Å². The van der Waals surface area contributed by atoms with E-state index in [0.29, 0.717) is 22.7 Å². The van der Waals surface area contributed by atoms with E-state index < -0.39 is 0 Å². The molecule has 0 unspecified atom stereocenters. The largest absolute Gasteiger partial charge is 0.493 e. The molecule has 0 bridgehead atoms. The van der Waals surface area contributed by atoms with Gasteiger partial charge in [0.15, 0.2) is 11.5 Å². The number of methoxy groups -OCH3 is 2. The molecule has 2 amide bonds. The van der Waals surface area contributed by atoms with Crippen molar-refractivity contribution in [2.24, 2.45) is 5.92 Å². The molecule has 0 radical (unpaired) electrons. The van der Waals surface area contributed by atoms with Gasteiger partial charge in [-0.3, -0.25) is 9.59 Å². The number of carbonyl (C=O) groups excluding carboxylic acids is 2. The number of rotatable bonds is 6. The van der Waals surface area contributed by atoms with Crippen LogP contribution in [0.1, 0.15) is 28.3 Å². The van der Waals surface area contributed by atoms with Crippen molar-refractivity contribution in [3.63, 3.8) is 0 Å². The van der Waals surface area contributed by atoms with Crippen molar-refractivity contribution >= 4 is 33.4 Å². The maximum atomic E-state index is 12.8. The maximum Gasteiger partial charge on any atom is 0.255 e. The molecule has 148 valence electrons. The van der Waals surface area contributed by atoms with Crippen LogP contribution in [-0.4, -0.2) is 45.0 Å². The smallest absolute Gasteiger partial charge is 0.255 e. The summed E-state index contributed by atoms with van der Waals surface area (Å²) in [5.74, 6) is 0.639. The standard InChI is InChI=1S/C21H23BrN2O4/c1-24(2)21(26)16-10-18(27-3)19(28-4)11-17(16)23-20(25)15-9-14(15)12-5-7-13(22)8-6-12/h5-8,10-11,14-15H,9H2,1-4H3,(H,23,25)/t14-,15+/m0/s1. The number of hydrogen-bond donors (Lipinski definition) is 1. The summed E-state index contributed by atoms with van der Waals surface area (Å²) in [6, 6.07) is 11.2. The Labute approximate surface area is 172 Å². The average molecular weight is 447 g/mol. The van der Waals surface area contributed by atoms with Gasteiger partial charge in [0.25, 0.3) is 5.91 Å². The van der Waals surface area contributed by atoms with Crippen LogP contribution in [0.5, 0.6) is 11.5 Å². The molecule has 1 aliphatic carbocycles. The molecule has 0 spiro atoms. The molecular formula is C21H23BrN2O4. The van der Waals surface area contributed by atoms with Crippen molar-refractivity contribution in [3.8, 4) is 11.5 Å². The molecule has 0 saturated heterocycles. The van der Waals surface area contributed by atoms with E-state index in [2.05, 4.69) is 21.2 Å². The van der Waals surface area contributed by atoms with Gasteiger partial charge < -0.3 is 19.7 Å². The Morgan fingerprint density at radius 2 is 1.68 bits per heavy atom. The Hall–Kier alpha value is -2.54. The first-order chi connectivity index (χ1) is 13.3. The maximum absolute atomic E-state index is 12.8. The van der Waals surface area contributed by atoms with Crippen LogP contribution in [0.3, 0.4) is 0 Å². The van der Waals surface area contributed by atoms with Crippen molar-refractivity contribution in [2.45, 2.75) is 12.3 Å². The van der Waals surface area contributed by atoms with Crippen LogP contribution in [-0.2, 0) is 4.79 Å². The summed E-state index contributed by atoms with van der Waals surface area (Å²) in [7, 11) is 6.35. The topological polar surface area (TPSA) is 67.9 Å². The first-order valence-corrected chi connectivity index (χ1v) is 9.69. The lowest BCUT2D eigenvalue weighted by atomic mass is 10.1. The van der Waals surface area contributed by atoms with E-state index in [1.165, 1.54) is 19.1 Å². The zero-order valence-corrected chi connectivity index (χ0v) is 17.9. The average Bonchev–Trinajstić information content (AvgIpc) is 3.48. The van der Waals surface area contributed by atoms with Crippen molar-refractivity contribution in [3.05, 3.63) is 52.0 Å². The molecular weight excluding hydrogens is 424 g/mol. The molecule has 6 nitrogen and oxygen atoms in total. The molecule has 1 aliphatic rings. The Morgan fingerprint density at radius 3 is 2.25 bits per heavy atom. The first-order valence-electron chi connectivity index (χ1n) is 8.89. The Balaban J connectivity index is 1.83. The number of halogens is 1. The van der Waals surface area contributed by atoms with E-state index in [1.807, 2.05) is 24.3 Å². The molecule has 2 aromatic rings. The molecule has 2 aromatic carbocycles. The number of nitrogens with one attached hydrogen (secondary N) is 1. The zero-order chi connectivity index (χ0) is 20.4. The number of nitrogens with zero attached hydrogens (tertiary/aromatic N) is 1. The second-order valence-electron chi connectivity index (χ2n) is 6.94. The minimum atomic E-state index is -0.225. The Morgan fingerprint density at radius 1 is 1.07 bits per heavy atom. The van der Waals surface area contributed by atoms with Crippen LogP contribution < -0.4 is 14.8 Å². The normalized spacial score (nSPS) is 17.6. The molecule has 0 aromatic heterocycles. The Kier molecular flexibility index (Phi) is 5.93. The molecule has 0 heterocycles. The number of carbonyl (C=O) groups is 2. The van der Waals surface area contributed by atoms with Crippen molar-refractivity contribution < 1.29 is 19.1 Å². The zero-order valence-electron chi connectivity index (χ0n) is 16.3. The van der Waals surface area contributed by atoms with E-state index in [1.54, 1.807) is 26.2 Å². The van der Waals surface area contributed by atoms with Crippen LogP contribution in [0.4, 0.5) is 5.69 Å². The lowest BCUT2D eigenvalue weighted by molar-refractivity contribution is -0.117. The summed E-state index contributed by atoms with van der Waals surface area (Å²) in [4.78, 5) is 26.9. The number of ether oxygens (including phenoxy) is 2. The van der Waals surface area contributed by atoms with Gasteiger partial charge in [-0.15, -0.1) is 0 Å². The second-order valence-corrected chi connectivity index (χ2v) is 7.86. The predicted molar refractivity (Wildman–Crippen MR) is 111 cm³/mol. The van der Waals surface area contributed by atoms with Gasteiger partial charge in [-0.25, -0.2) is 0 Å². The fourth-order valence-corrected chi connectivity index (χ4v) is 3.45. The van der Waals surface area contributed by atoms with Gasteiger partial charge in [0, 0.05) is 30.6 Å². The summed E-state index contributed by atoms with van der Waals surface area (Å²) in [6.07, 6.45) is 0.789. The van der Waals surface area contributed by atoms with E-state index in [-0.39, 0.29) is 23.7 Å². The van der Waals surface area contributed by atoms with Crippen LogP contribution >= 0.6 is 15.9 Å². The van der Waals surface area contributed by atoms with Crippen LogP contribution in [0.15, 0.2) is 40.9 Å². The summed E-state index contributed by atoms with van der Waals surface area (Å²) in [5.41, 5.74) is 1.92. The van der Waals surface area contributed by atoms with Crippen molar-refractivity contribution in [1.29, 1.82) is 0 Å². The van der Waals surface area contributed by atoms with E-state index >= 15 is 0 Å². The molecule has 1 N–H and O–H groups in total. The third-order valence-electron chi connectivity index (χ3n) is 4.84. The number of amides is 2. The third kappa shape index (κ3) is 4.14. The second kappa shape index (κ2) is 8.22. The first kappa shape index (κ1) is 20.2. The van der Waals surface area contributed by atoms with Gasteiger partial charge >= 0.3 is 0 Å². The van der Waals surface area contributed by atoms with Gasteiger partial charge in [0.1, 0.15) is 0 Å². The van der Waals surface area contributed by atoms with Gasteiger partial charge in [-0.2, -0.15) is 0 Å². The number of hydrogen-bond acceptors (Lipinski definition) is 4. The highest BCUT2D eigenvalue weighted by molar-refractivity contribution is 9.10. The summed E-state index contributed by atoms with van der Waals surface area (Å²) in [5, 5.41) is 2.91. The van der Waals surface area contributed by atoms with Gasteiger partial charge in [-0.05, 0) is 36.1 Å². The number of benzene rings is 2. The fourth-order valence-electron chi connectivity index (χ4n) is 3.19. The molecule has 28 heavy (non-hydrogen) atoms. The lowest BCUT2D eigenvalue weighted by Gasteiger charge is -2.18. The van der Waals surface area contributed by atoms with E-state index in [9.17, 15) is 9.59 Å². The van der Waals surface area contributed by atoms with Crippen LogP contribution in [0, 0.1) is 5.92 Å². The molecule has 7 heteroatoms. The molecule has 0 aliphatic heterocycles. The van der Waals surface area contributed by atoms with E-state index in [0.717, 1.165) is 16.5 Å². The van der Waals surface area contributed by atoms with Gasteiger partial charge in [-0.1, -0.05) is 28.1 Å². The molecule has 1 fully saturated rings. The highest BCUT2D eigenvalue weighted by Crippen LogP contribution is 2.48. The van der Waals surface area contributed by atoms with Crippen LogP contribution in [0.25, 0.3) is 0 Å². The Bertz CT molecular complexity index is 896. The van der Waals surface area contributed by atoms with Crippen molar-refractivity contribution in [2.75, 3.05) is 33.6 Å². The highest BCUT2D eigenvalue weighted by Gasteiger charge is 2.44. The van der Waals surface area contributed by atoms with Gasteiger partial charge in [0.2, 0.25) is 5.91 Å². The third-order valence-corrected chi connectivity index (χ3v) is 5.37. The quantitative estimate of drug-likeness (QED) is 0.729. The molecule has 3 rings (SSSR count). The highest BCUT2D eigenvalue weighted by atomic mass is 79.9. The monoisotopic (exact) mass is 446 g/mol. The number of anilines is 1. The SMILES string of the molecule is COc1cc(NC(=O)[C@@H]2C[C@H]2c2ccc(Br)cc2)c(C(=O)N(C)C)cc1OC. The van der Waals surface area contributed by atoms with Gasteiger partial charge in [0.05, 0.1) is 25.5 Å². The summed E-state index contributed by atoms with van der Waals surface area (Å²) >= 11 is 3.42. The molecule has 1 saturated carbocycles. The summed E-state index contributed by atoms with van der Waals surface area (Å²) < 4.78 is 11.6. The fraction of sp³-hybridized carbons (Fsp3) is 0.333. The predicted octanol–water partition coefficient (Wildman–Crippen LogP) is 3.91. The lowest BCUT2D eigenvalue weighted by Crippen LogP contribution is -2.24. The molecule has 2 atom stereocenters.